The van der Waals surface area contributed by atoms with Gasteiger partial charge in [-0.1, -0.05) is 46.0 Å². The fraction of sp³-hybridized carbons (Fsp3) is 0.917. The van der Waals surface area contributed by atoms with E-state index >= 15 is 0 Å². The molecule has 1 atom stereocenters. The maximum absolute atomic E-state index is 9.57. The summed E-state index contributed by atoms with van der Waals surface area (Å²) in [5.41, 5.74) is 4.84. The SMILES string of the molecule is CC(N)C(=O)O.CCC1CCC(C)CC1. The van der Waals surface area contributed by atoms with Gasteiger partial charge in [0.05, 0.1) is 0 Å². The van der Waals surface area contributed by atoms with Crippen LogP contribution >= 0.6 is 0 Å². The van der Waals surface area contributed by atoms with Gasteiger partial charge in [0.2, 0.25) is 0 Å². The molecule has 0 heterocycles. The Bertz CT molecular complexity index is 172. The first-order valence-corrected chi connectivity index (χ1v) is 5.95. The molecule has 1 aliphatic carbocycles. The van der Waals surface area contributed by atoms with Crippen molar-refractivity contribution in [1.29, 1.82) is 0 Å². The van der Waals surface area contributed by atoms with E-state index in [4.69, 9.17) is 10.8 Å². The van der Waals surface area contributed by atoms with Gasteiger partial charge in [-0.25, -0.2) is 0 Å². The summed E-state index contributed by atoms with van der Waals surface area (Å²) in [7, 11) is 0. The Morgan fingerprint density at radius 1 is 1.40 bits per heavy atom. The molecular weight excluding hydrogens is 190 g/mol. The van der Waals surface area contributed by atoms with Crippen LogP contribution in [0.1, 0.15) is 52.9 Å². The summed E-state index contributed by atoms with van der Waals surface area (Å²) in [5, 5.41) is 7.87. The summed E-state index contributed by atoms with van der Waals surface area (Å²) in [6, 6.07) is -0.731. The molecule has 0 saturated heterocycles. The molecule has 1 unspecified atom stereocenters. The van der Waals surface area contributed by atoms with E-state index in [1.807, 2.05) is 0 Å². The molecule has 1 rings (SSSR count). The molecule has 0 spiro atoms. The zero-order valence-electron chi connectivity index (χ0n) is 10.2. The van der Waals surface area contributed by atoms with Crippen molar-refractivity contribution in [2.45, 2.75) is 58.9 Å². The third-order valence-corrected chi connectivity index (χ3v) is 3.10. The Morgan fingerprint density at radius 2 is 1.80 bits per heavy atom. The van der Waals surface area contributed by atoms with Crippen LogP contribution < -0.4 is 5.73 Å². The van der Waals surface area contributed by atoms with Gasteiger partial charge in [0.1, 0.15) is 6.04 Å². The molecule has 0 aliphatic heterocycles. The minimum absolute atomic E-state index is 0.731. The molecule has 1 saturated carbocycles. The van der Waals surface area contributed by atoms with Crippen molar-refractivity contribution in [3.05, 3.63) is 0 Å². The van der Waals surface area contributed by atoms with Crippen LogP contribution in [0, 0.1) is 11.8 Å². The molecule has 1 aliphatic rings. The lowest BCUT2D eigenvalue weighted by Crippen LogP contribution is -2.25. The van der Waals surface area contributed by atoms with E-state index in [1.165, 1.54) is 39.0 Å². The summed E-state index contributed by atoms with van der Waals surface area (Å²) >= 11 is 0. The summed E-state index contributed by atoms with van der Waals surface area (Å²) in [6.45, 7) is 6.12. The van der Waals surface area contributed by atoms with Crippen molar-refractivity contribution < 1.29 is 9.90 Å². The molecule has 90 valence electrons. The number of hydrogen-bond donors (Lipinski definition) is 2. The van der Waals surface area contributed by atoms with Crippen molar-refractivity contribution in [2.75, 3.05) is 0 Å². The molecule has 3 nitrogen and oxygen atoms in total. The Labute approximate surface area is 93.0 Å². The van der Waals surface area contributed by atoms with Gasteiger partial charge < -0.3 is 10.8 Å². The second-order valence-electron chi connectivity index (χ2n) is 4.66. The average molecular weight is 215 g/mol. The minimum atomic E-state index is -0.963. The van der Waals surface area contributed by atoms with Gasteiger partial charge in [-0.05, 0) is 18.8 Å². The topological polar surface area (TPSA) is 63.3 Å². The minimum Gasteiger partial charge on any atom is -0.480 e. The van der Waals surface area contributed by atoms with Crippen molar-refractivity contribution in [3.63, 3.8) is 0 Å². The Kier molecular flexibility index (Phi) is 7.39. The van der Waals surface area contributed by atoms with E-state index in [2.05, 4.69) is 13.8 Å². The Balaban J connectivity index is 0.000000288. The van der Waals surface area contributed by atoms with Crippen LogP contribution in [-0.2, 0) is 4.79 Å². The number of aliphatic carboxylic acids is 1. The van der Waals surface area contributed by atoms with Gasteiger partial charge in [-0.2, -0.15) is 0 Å². The van der Waals surface area contributed by atoms with Crippen LogP contribution in [0.5, 0.6) is 0 Å². The molecule has 15 heavy (non-hydrogen) atoms. The largest absolute Gasteiger partial charge is 0.480 e. The normalized spacial score (nSPS) is 27.5. The number of nitrogens with two attached hydrogens (primary N) is 1. The number of rotatable bonds is 2. The van der Waals surface area contributed by atoms with Crippen LogP contribution in [0.4, 0.5) is 0 Å². The lowest BCUT2D eigenvalue weighted by molar-refractivity contribution is -0.138. The third-order valence-electron chi connectivity index (χ3n) is 3.10. The Morgan fingerprint density at radius 3 is 2.07 bits per heavy atom. The summed E-state index contributed by atoms with van der Waals surface area (Å²) < 4.78 is 0. The van der Waals surface area contributed by atoms with Crippen molar-refractivity contribution in [1.82, 2.24) is 0 Å². The second kappa shape index (κ2) is 7.69. The molecule has 0 amide bonds. The standard InChI is InChI=1S/C9H18.C3H7NO2/c1-3-9-6-4-8(2)5-7-9;1-2(4)3(5)6/h8-9H,3-7H2,1-2H3;2H,4H2,1H3,(H,5,6). The lowest BCUT2D eigenvalue weighted by Gasteiger charge is -2.24. The average Bonchev–Trinajstić information content (AvgIpc) is 2.20. The van der Waals surface area contributed by atoms with Gasteiger partial charge >= 0.3 is 5.97 Å². The number of carbonyl (C=O) groups is 1. The predicted octanol–water partition coefficient (Wildman–Crippen LogP) is 2.64. The van der Waals surface area contributed by atoms with Crippen molar-refractivity contribution in [2.24, 2.45) is 17.6 Å². The molecule has 1 fully saturated rings. The van der Waals surface area contributed by atoms with E-state index in [1.54, 1.807) is 0 Å². The summed E-state index contributed by atoms with van der Waals surface area (Å²) in [5.74, 6) is 1.13. The highest BCUT2D eigenvalue weighted by molar-refractivity contribution is 5.72. The van der Waals surface area contributed by atoms with Crippen LogP contribution in [0.25, 0.3) is 0 Å². The van der Waals surface area contributed by atoms with Crippen LogP contribution in [-0.4, -0.2) is 17.1 Å². The van der Waals surface area contributed by atoms with Gasteiger partial charge in [-0.3, -0.25) is 4.79 Å². The summed E-state index contributed by atoms with van der Waals surface area (Å²) in [4.78, 5) is 9.57. The fourth-order valence-electron chi connectivity index (χ4n) is 1.74. The number of carboxylic acids is 1. The summed E-state index contributed by atoms with van der Waals surface area (Å²) in [6.07, 6.45) is 7.37. The molecule has 0 bridgehead atoms. The molecule has 0 aromatic heterocycles. The highest BCUT2D eigenvalue weighted by Gasteiger charge is 2.15. The lowest BCUT2D eigenvalue weighted by atomic mass is 9.82. The quantitative estimate of drug-likeness (QED) is 0.744. The second-order valence-corrected chi connectivity index (χ2v) is 4.66. The number of hydrogen-bond acceptors (Lipinski definition) is 2. The van der Waals surface area contributed by atoms with Crippen LogP contribution in [0.2, 0.25) is 0 Å². The van der Waals surface area contributed by atoms with Gasteiger partial charge in [0, 0.05) is 0 Å². The first-order chi connectivity index (χ1) is 6.97. The first kappa shape index (κ1) is 14.4. The van der Waals surface area contributed by atoms with E-state index < -0.39 is 12.0 Å². The highest BCUT2D eigenvalue weighted by Crippen LogP contribution is 2.29. The third kappa shape index (κ3) is 7.37. The molecule has 3 N–H and O–H groups in total. The monoisotopic (exact) mass is 215 g/mol. The number of carboxylic acid groups (broad SMARTS) is 1. The van der Waals surface area contributed by atoms with E-state index in [0.29, 0.717) is 0 Å². The predicted molar refractivity (Wildman–Crippen MR) is 62.7 cm³/mol. The van der Waals surface area contributed by atoms with E-state index in [0.717, 1.165) is 11.8 Å². The smallest absolute Gasteiger partial charge is 0.320 e. The van der Waals surface area contributed by atoms with Crippen molar-refractivity contribution in [3.8, 4) is 0 Å². The zero-order valence-corrected chi connectivity index (χ0v) is 10.2. The maximum Gasteiger partial charge on any atom is 0.320 e. The molecule has 0 radical (unpaired) electrons. The first-order valence-electron chi connectivity index (χ1n) is 5.95. The van der Waals surface area contributed by atoms with Gasteiger partial charge in [-0.15, -0.1) is 0 Å². The highest BCUT2D eigenvalue weighted by atomic mass is 16.4. The molecule has 0 aromatic carbocycles. The Hall–Kier alpha value is -0.570. The van der Waals surface area contributed by atoms with Crippen LogP contribution in [0.15, 0.2) is 0 Å². The fourth-order valence-corrected chi connectivity index (χ4v) is 1.74. The van der Waals surface area contributed by atoms with Gasteiger partial charge in [0.25, 0.3) is 0 Å². The van der Waals surface area contributed by atoms with Crippen molar-refractivity contribution >= 4 is 5.97 Å². The van der Waals surface area contributed by atoms with Gasteiger partial charge in [0.15, 0.2) is 0 Å². The molecular formula is C12H25NO2. The molecule has 0 aromatic rings. The molecule has 3 heteroatoms. The maximum atomic E-state index is 9.57. The van der Waals surface area contributed by atoms with Crippen LogP contribution in [0.3, 0.4) is 0 Å². The van der Waals surface area contributed by atoms with E-state index in [-0.39, 0.29) is 0 Å². The van der Waals surface area contributed by atoms with E-state index in [9.17, 15) is 4.79 Å². The zero-order chi connectivity index (χ0) is 11.8.